The van der Waals surface area contributed by atoms with Crippen LogP contribution < -0.4 is 11.5 Å². The molecular weight excluding hydrogens is 518 g/mol. The van der Waals surface area contributed by atoms with Gasteiger partial charge in [-0.15, -0.1) is 0 Å². The van der Waals surface area contributed by atoms with Crippen molar-refractivity contribution in [1.29, 1.82) is 0 Å². The Kier molecular flexibility index (Phi) is 7.92. The number of amides is 2. The van der Waals surface area contributed by atoms with Gasteiger partial charge in [-0.05, 0) is 85.5 Å². The van der Waals surface area contributed by atoms with E-state index >= 15 is 0 Å². The number of nitrogens with two attached hydrogens (primary N) is 1. The third kappa shape index (κ3) is 5.23. The fourth-order valence-corrected chi connectivity index (χ4v) is 6.80. The normalized spacial score (nSPS) is 17.2. The van der Waals surface area contributed by atoms with Gasteiger partial charge in [-0.2, -0.15) is 9.72 Å². The zero-order valence-corrected chi connectivity index (χ0v) is 24.8. The summed E-state index contributed by atoms with van der Waals surface area (Å²) in [7, 11) is 6.97. The quantitative estimate of drug-likeness (QED) is 0.490. The molecule has 0 spiro atoms. The lowest BCUT2D eigenvalue weighted by atomic mass is 9.67. The molecule has 2 aromatic carbocycles. The number of nitrogens with zero attached hydrogens (tertiary/aromatic N) is 4. The third-order valence-corrected chi connectivity index (χ3v) is 8.60. The minimum Gasteiger partial charge on any atom is -0.345 e. The van der Waals surface area contributed by atoms with Crippen LogP contribution in [0.5, 0.6) is 0 Å². The zero-order chi connectivity index (χ0) is 29.5. The lowest BCUT2D eigenvalue weighted by Gasteiger charge is -2.38. The maximum atomic E-state index is 13.0. The van der Waals surface area contributed by atoms with Crippen molar-refractivity contribution in [3.8, 4) is 0 Å². The molecule has 2 amide bonds. The van der Waals surface area contributed by atoms with Gasteiger partial charge in [-0.1, -0.05) is 31.4 Å². The highest BCUT2D eigenvalue weighted by atomic mass is 16.5. The van der Waals surface area contributed by atoms with Crippen molar-refractivity contribution in [1.82, 2.24) is 19.5 Å². The van der Waals surface area contributed by atoms with E-state index in [1.54, 1.807) is 42.7 Å². The molecule has 9 heteroatoms. The molecular formula is C32H41N5O4. The van der Waals surface area contributed by atoms with E-state index in [1.165, 1.54) is 0 Å². The monoisotopic (exact) mass is 559 g/mol. The Balaban J connectivity index is 1.84. The minimum atomic E-state index is -0.918. The number of benzene rings is 2. The van der Waals surface area contributed by atoms with Crippen LogP contribution >= 0.6 is 0 Å². The maximum Gasteiger partial charge on any atom is 0.459 e. The molecule has 2 aliphatic rings. The number of hydrogen-bond acceptors (Lipinski definition) is 6. The minimum absolute atomic E-state index is 0.0262. The van der Waals surface area contributed by atoms with Crippen LogP contribution in [0, 0.1) is 0 Å². The summed E-state index contributed by atoms with van der Waals surface area (Å²) in [5, 5.41) is 0. The predicted molar refractivity (Wildman–Crippen MR) is 157 cm³/mol. The van der Waals surface area contributed by atoms with Crippen molar-refractivity contribution in [2.75, 3.05) is 28.2 Å². The Hall–Kier alpha value is -3.72. The summed E-state index contributed by atoms with van der Waals surface area (Å²) in [5.74, 6) is -0.228. The Morgan fingerprint density at radius 2 is 1.46 bits per heavy atom. The largest absolute Gasteiger partial charge is 0.459 e. The second-order valence-corrected chi connectivity index (χ2v) is 12.1. The number of carbonyl (C=O) groups is 2. The predicted octanol–water partition coefficient (Wildman–Crippen LogP) is 3.92. The number of carbonyl (C=O) groups excluding carboxylic acids is 2. The summed E-state index contributed by atoms with van der Waals surface area (Å²) >= 11 is 0. The molecule has 1 aromatic heterocycles. The molecule has 2 aliphatic carbocycles. The van der Waals surface area contributed by atoms with Crippen molar-refractivity contribution in [3.05, 3.63) is 86.2 Å². The average molecular weight is 560 g/mol. The first-order valence-electron chi connectivity index (χ1n) is 14.6. The Morgan fingerprint density at radius 3 is 1.93 bits per heavy atom. The highest BCUT2D eigenvalue weighted by Crippen LogP contribution is 2.48. The first-order chi connectivity index (χ1) is 19.5. The summed E-state index contributed by atoms with van der Waals surface area (Å²) < 4.78 is 7.62. The van der Waals surface area contributed by atoms with Crippen LogP contribution in [-0.2, 0) is 18.3 Å². The van der Waals surface area contributed by atoms with E-state index < -0.39 is 11.2 Å². The van der Waals surface area contributed by atoms with Gasteiger partial charge < -0.3 is 20.1 Å². The molecule has 0 saturated heterocycles. The smallest absolute Gasteiger partial charge is 0.345 e. The molecule has 1 fully saturated rings. The first-order valence-corrected chi connectivity index (χ1v) is 14.6. The Labute approximate surface area is 241 Å². The van der Waals surface area contributed by atoms with Gasteiger partial charge >= 0.3 is 5.76 Å². The third-order valence-electron chi connectivity index (χ3n) is 8.60. The lowest BCUT2D eigenvalue weighted by Crippen LogP contribution is -2.40. The molecule has 0 unspecified atom stereocenters. The molecule has 41 heavy (non-hydrogen) atoms. The van der Waals surface area contributed by atoms with Gasteiger partial charge in [0.2, 0.25) is 0 Å². The topological polar surface area (TPSA) is 115 Å². The van der Waals surface area contributed by atoms with Gasteiger partial charge in [0.05, 0.1) is 11.5 Å². The van der Waals surface area contributed by atoms with Crippen molar-refractivity contribution in [3.63, 3.8) is 0 Å². The van der Waals surface area contributed by atoms with E-state index in [0.29, 0.717) is 36.2 Å². The summed E-state index contributed by atoms with van der Waals surface area (Å²) in [5.41, 5.74) is 10.8. The van der Waals surface area contributed by atoms with Gasteiger partial charge in [0.25, 0.3) is 11.8 Å². The van der Waals surface area contributed by atoms with E-state index in [9.17, 15) is 14.4 Å². The van der Waals surface area contributed by atoms with Crippen LogP contribution in [0.1, 0.15) is 100 Å². The molecule has 218 valence electrons. The highest BCUT2D eigenvalue weighted by molar-refractivity contribution is 5.95. The van der Waals surface area contributed by atoms with Crippen LogP contribution in [0.4, 0.5) is 0 Å². The summed E-state index contributed by atoms with van der Waals surface area (Å²) in [4.78, 5) is 46.6. The average Bonchev–Trinajstić information content (AvgIpc) is 3.30. The van der Waals surface area contributed by atoms with Crippen LogP contribution in [0.15, 0.2) is 45.7 Å². The van der Waals surface area contributed by atoms with E-state index in [-0.39, 0.29) is 23.9 Å². The van der Waals surface area contributed by atoms with E-state index in [0.717, 1.165) is 54.4 Å². The molecule has 1 saturated carbocycles. The molecule has 1 atom stereocenters. The molecule has 0 aliphatic heterocycles. The molecule has 3 aromatic rings. The SMILES string of the molecule is C[C@@H](N)CC1(c2nc(=O)on2C2CCCCC2)c2ccc(C(=O)N(C)C)cc2CCc2cc(C(=O)N(C)C)ccc21. The summed E-state index contributed by atoms with van der Waals surface area (Å²) in [6, 6.07) is 11.4. The zero-order valence-electron chi connectivity index (χ0n) is 24.8. The fourth-order valence-electron chi connectivity index (χ4n) is 6.80. The van der Waals surface area contributed by atoms with Crippen molar-refractivity contribution < 1.29 is 14.1 Å². The van der Waals surface area contributed by atoms with Crippen LogP contribution in [0.2, 0.25) is 0 Å². The first kappa shape index (κ1) is 28.8. The standard InChI is InChI=1S/C32H41N5O4/c1-20(33)19-32(30-34-31(40)41-37(30)25-9-7-6-8-10-25)26-15-13-23(28(38)35(2)3)17-21(26)11-12-22-18-24(14-16-27(22)32)29(39)36(4)5/h13-18,20,25H,6-12,19,33H2,1-5H3/t20-/m1/s1. The maximum absolute atomic E-state index is 13.0. The second-order valence-electron chi connectivity index (χ2n) is 12.1. The molecule has 0 radical (unpaired) electrons. The van der Waals surface area contributed by atoms with Gasteiger partial charge in [0, 0.05) is 45.4 Å². The van der Waals surface area contributed by atoms with E-state index in [2.05, 4.69) is 4.98 Å². The van der Waals surface area contributed by atoms with Crippen molar-refractivity contribution in [2.24, 2.45) is 5.73 Å². The molecule has 2 N–H and O–H groups in total. The summed E-state index contributed by atoms with van der Waals surface area (Å²) in [6.45, 7) is 1.96. The van der Waals surface area contributed by atoms with Gasteiger partial charge in [-0.3, -0.25) is 9.59 Å². The van der Waals surface area contributed by atoms with Crippen LogP contribution in [0.3, 0.4) is 0 Å². The molecule has 0 bridgehead atoms. The number of aromatic nitrogens is 2. The van der Waals surface area contributed by atoms with Crippen molar-refractivity contribution >= 4 is 11.8 Å². The number of hydrogen-bond donors (Lipinski definition) is 1. The molecule has 9 nitrogen and oxygen atoms in total. The van der Waals surface area contributed by atoms with Gasteiger partial charge in [0.15, 0.2) is 5.82 Å². The Morgan fingerprint density at radius 1 is 0.951 bits per heavy atom. The molecule has 1 heterocycles. The second kappa shape index (κ2) is 11.3. The van der Waals surface area contributed by atoms with E-state index in [1.807, 2.05) is 43.3 Å². The highest BCUT2D eigenvalue weighted by Gasteiger charge is 2.47. The van der Waals surface area contributed by atoms with Gasteiger partial charge in [-0.25, -0.2) is 4.79 Å². The number of fused-ring (bicyclic) bond motifs is 2. The summed E-state index contributed by atoms with van der Waals surface area (Å²) in [6.07, 6.45) is 6.88. The lowest BCUT2D eigenvalue weighted by molar-refractivity contribution is 0.0820. The van der Waals surface area contributed by atoms with Crippen molar-refractivity contribution in [2.45, 2.75) is 75.8 Å². The number of rotatable bonds is 6. The van der Waals surface area contributed by atoms with Gasteiger partial charge in [0.1, 0.15) is 0 Å². The van der Waals surface area contributed by atoms with E-state index in [4.69, 9.17) is 10.3 Å². The Bertz CT molecular complexity index is 1440. The van der Waals surface area contributed by atoms with Crippen LogP contribution in [-0.4, -0.2) is 65.6 Å². The fraction of sp³-hybridized carbons (Fsp3) is 0.500. The number of aryl methyl sites for hydroxylation is 2. The van der Waals surface area contributed by atoms with Crippen LogP contribution in [0.25, 0.3) is 0 Å². The molecule has 5 rings (SSSR count).